The van der Waals surface area contributed by atoms with E-state index >= 15 is 0 Å². The van der Waals surface area contributed by atoms with Gasteiger partial charge in [0.2, 0.25) is 0 Å². The van der Waals surface area contributed by atoms with Gasteiger partial charge in [-0.2, -0.15) is 0 Å². The van der Waals surface area contributed by atoms with Crippen molar-refractivity contribution in [3.63, 3.8) is 0 Å². The van der Waals surface area contributed by atoms with Crippen LogP contribution in [0.4, 0.5) is 18.4 Å². The number of rotatable bonds is 3. The fourth-order valence-corrected chi connectivity index (χ4v) is 12.9. The third-order valence-electron chi connectivity index (χ3n) is 8.94. The Morgan fingerprint density at radius 1 is 0.722 bits per heavy atom. The Kier molecular flexibility index (Phi) is 16.4. The number of amides is 2. The zero-order chi connectivity index (χ0) is 39.6. The van der Waals surface area contributed by atoms with Gasteiger partial charge in [-0.05, 0) is 102 Å². The van der Waals surface area contributed by atoms with Gasteiger partial charge in [0.1, 0.15) is 32.7 Å². The van der Waals surface area contributed by atoms with Gasteiger partial charge in [0.05, 0.1) is 10.2 Å². The largest absolute Gasteiger partial charge is 0.444 e. The Morgan fingerprint density at radius 3 is 1.69 bits per heavy atom. The van der Waals surface area contributed by atoms with Gasteiger partial charge in [-0.25, -0.2) is 18.4 Å². The number of Topliss-reactive ketones (excluding diaryl/α,β-unsaturated/α-hetero) is 1. The number of thioether (sulfide) groups is 4. The zero-order valence-electron chi connectivity index (χ0n) is 32.4. The molecular formula is C40H56F2N2O6S4. The molecule has 0 unspecified atom stereocenters. The molecule has 2 aromatic rings. The van der Waals surface area contributed by atoms with Crippen molar-refractivity contribution in [1.29, 1.82) is 0 Å². The molecule has 4 aliphatic heterocycles. The number of carbonyl (C=O) groups is 3. The summed E-state index contributed by atoms with van der Waals surface area (Å²) in [6.45, 7) is 12.8. The molecule has 0 spiro atoms. The highest BCUT2D eigenvalue weighted by molar-refractivity contribution is 8.18. The quantitative estimate of drug-likeness (QED) is 0.322. The van der Waals surface area contributed by atoms with Crippen molar-refractivity contribution in [2.24, 2.45) is 0 Å². The maximum absolute atomic E-state index is 14.7. The number of halogens is 2. The van der Waals surface area contributed by atoms with Crippen molar-refractivity contribution in [3.05, 3.63) is 71.3 Å². The lowest BCUT2D eigenvalue weighted by Gasteiger charge is -2.51. The minimum atomic E-state index is -1.08. The number of hydrogen-bond acceptors (Lipinski definition) is 10. The molecule has 54 heavy (non-hydrogen) atoms. The summed E-state index contributed by atoms with van der Waals surface area (Å²) in [5.41, 5.74) is -0.666. The first-order chi connectivity index (χ1) is 25.4. The molecule has 4 fully saturated rings. The monoisotopic (exact) mass is 826 g/mol. The Labute approximate surface area is 337 Å². The summed E-state index contributed by atoms with van der Waals surface area (Å²) in [5.74, 6) is 3.98. The predicted molar refractivity (Wildman–Crippen MR) is 220 cm³/mol. The van der Waals surface area contributed by atoms with Gasteiger partial charge in [-0.15, -0.1) is 47.0 Å². The smallest absolute Gasteiger partial charge is 0.410 e. The third kappa shape index (κ3) is 12.7. The summed E-state index contributed by atoms with van der Waals surface area (Å²) in [7, 11) is 0. The van der Waals surface area contributed by atoms with Gasteiger partial charge in [0.15, 0.2) is 0 Å². The number of ketones is 1. The molecule has 4 heterocycles. The molecule has 4 saturated heterocycles. The number of aliphatic hydroxyl groups is 1. The number of carbonyl (C=O) groups excluding carboxylic acids is 3. The van der Waals surface area contributed by atoms with E-state index in [0.717, 1.165) is 35.0 Å². The van der Waals surface area contributed by atoms with Crippen molar-refractivity contribution in [3.8, 4) is 0 Å². The number of likely N-dealkylation sites (tertiary alicyclic amines) is 2. The van der Waals surface area contributed by atoms with Crippen molar-refractivity contribution in [2.45, 2.75) is 106 Å². The van der Waals surface area contributed by atoms with Crippen molar-refractivity contribution in [2.75, 3.05) is 49.2 Å². The summed E-state index contributed by atoms with van der Waals surface area (Å²) in [6, 6.07) is 13.9. The summed E-state index contributed by atoms with van der Waals surface area (Å²) in [5, 5.41) is 11.7. The highest BCUT2D eigenvalue weighted by atomic mass is 32.2. The SMILES string of the molecule is CC(C)(C)OC(=O)N1CCC(=O)CC1.CC(C)(C)OC(=O)N1CCC(O)(C2(c3ccccc3F)SCCCS2)CC1.Fc1ccccc1C1SCCCS1. The first kappa shape index (κ1) is 44.6. The maximum atomic E-state index is 14.7. The van der Waals surface area contributed by atoms with Crippen LogP contribution >= 0.6 is 47.0 Å². The van der Waals surface area contributed by atoms with E-state index in [9.17, 15) is 28.3 Å². The molecule has 2 amide bonds. The Hall–Kier alpha value is -2.13. The Balaban J connectivity index is 0.000000201. The van der Waals surface area contributed by atoms with Gasteiger partial charge >= 0.3 is 12.2 Å². The molecule has 0 aromatic heterocycles. The highest BCUT2D eigenvalue weighted by Crippen LogP contribution is 2.60. The average Bonchev–Trinajstić information content (AvgIpc) is 3.12. The summed E-state index contributed by atoms with van der Waals surface area (Å²) in [4.78, 5) is 38.0. The van der Waals surface area contributed by atoms with E-state index in [4.69, 9.17) is 9.47 Å². The fraction of sp³-hybridized carbons (Fsp3) is 0.625. The van der Waals surface area contributed by atoms with Crippen LogP contribution in [-0.2, 0) is 18.3 Å². The highest BCUT2D eigenvalue weighted by Gasteiger charge is 2.56. The predicted octanol–water partition coefficient (Wildman–Crippen LogP) is 9.89. The van der Waals surface area contributed by atoms with Gasteiger partial charge in [0.25, 0.3) is 0 Å². The summed E-state index contributed by atoms with van der Waals surface area (Å²) >= 11 is 6.99. The normalized spacial score (nSPS) is 20.4. The number of piperidine rings is 2. The molecule has 0 radical (unpaired) electrons. The first-order valence-electron chi connectivity index (χ1n) is 18.6. The minimum absolute atomic E-state index is 0.0607. The molecule has 8 nitrogen and oxygen atoms in total. The van der Waals surface area contributed by atoms with Crippen LogP contribution in [0.1, 0.15) is 95.8 Å². The standard InChI is InChI=1S/C20H28FNO3S2.C10H11FS2.C10H17NO3/c1-18(2,3)25-17(23)22-11-9-19(24,10-12-22)20(26-13-6-14-27-20)15-7-4-5-8-16(15)21;11-9-5-2-1-4-8(9)10-12-6-3-7-13-10;1-10(2,3)14-9(13)11-6-4-8(12)5-7-11/h4-5,7-8,24H,6,9-14H2,1-3H3;1-2,4-5,10H,3,6-7H2;4-7H2,1-3H3. The molecule has 2 aromatic carbocycles. The van der Waals surface area contributed by atoms with E-state index < -0.39 is 20.9 Å². The van der Waals surface area contributed by atoms with Crippen LogP contribution in [-0.4, -0.2) is 98.9 Å². The van der Waals surface area contributed by atoms with E-state index in [1.165, 1.54) is 12.5 Å². The molecular weight excluding hydrogens is 771 g/mol. The van der Waals surface area contributed by atoms with E-state index in [2.05, 4.69) is 0 Å². The number of benzene rings is 2. The molecule has 4 aliphatic rings. The van der Waals surface area contributed by atoms with E-state index in [1.807, 2.05) is 83.3 Å². The van der Waals surface area contributed by atoms with E-state index in [1.54, 1.807) is 57.6 Å². The third-order valence-corrected chi connectivity index (χ3v) is 15.6. The topological polar surface area (TPSA) is 96.4 Å². The molecule has 14 heteroatoms. The minimum Gasteiger partial charge on any atom is -0.444 e. The molecule has 0 bridgehead atoms. The lowest BCUT2D eigenvalue weighted by atomic mass is 9.84. The zero-order valence-corrected chi connectivity index (χ0v) is 35.6. The van der Waals surface area contributed by atoms with Crippen LogP contribution in [0, 0.1) is 11.6 Å². The van der Waals surface area contributed by atoms with Gasteiger partial charge in [-0.3, -0.25) is 4.79 Å². The second-order valence-electron chi connectivity index (χ2n) is 15.6. The van der Waals surface area contributed by atoms with E-state index in [-0.39, 0.29) is 29.6 Å². The molecule has 0 aliphatic carbocycles. The second-order valence-corrected chi connectivity index (χ2v) is 21.2. The lowest BCUT2D eigenvalue weighted by Crippen LogP contribution is -2.57. The number of nitrogens with zero attached hydrogens (tertiary/aromatic N) is 2. The molecule has 0 atom stereocenters. The second kappa shape index (κ2) is 19.8. The summed E-state index contributed by atoms with van der Waals surface area (Å²) in [6.07, 6.45) is 3.35. The van der Waals surface area contributed by atoms with Crippen molar-refractivity contribution >= 4 is 65.0 Å². The van der Waals surface area contributed by atoms with Gasteiger partial charge < -0.3 is 24.4 Å². The Morgan fingerprint density at radius 2 is 1.19 bits per heavy atom. The molecule has 6 rings (SSSR count). The van der Waals surface area contributed by atoms with Crippen LogP contribution in [0.15, 0.2) is 48.5 Å². The van der Waals surface area contributed by atoms with Crippen LogP contribution in [0.25, 0.3) is 0 Å². The van der Waals surface area contributed by atoms with Crippen LogP contribution in [0.5, 0.6) is 0 Å². The maximum Gasteiger partial charge on any atom is 0.410 e. The molecule has 0 saturated carbocycles. The average molecular weight is 827 g/mol. The molecule has 300 valence electrons. The van der Waals surface area contributed by atoms with Crippen molar-refractivity contribution in [1.82, 2.24) is 9.80 Å². The van der Waals surface area contributed by atoms with Crippen LogP contribution < -0.4 is 0 Å². The fourth-order valence-electron chi connectivity index (χ4n) is 6.25. The lowest BCUT2D eigenvalue weighted by molar-refractivity contribution is -0.121. The number of ether oxygens (including phenoxy) is 2. The number of hydrogen-bond donors (Lipinski definition) is 1. The van der Waals surface area contributed by atoms with Crippen LogP contribution in [0.2, 0.25) is 0 Å². The van der Waals surface area contributed by atoms with Gasteiger partial charge in [0, 0.05) is 50.1 Å². The Bertz CT molecular complexity index is 1540. The van der Waals surface area contributed by atoms with Crippen molar-refractivity contribution < 1.29 is 37.7 Å². The van der Waals surface area contributed by atoms with Crippen LogP contribution in [0.3, 0.4) is 0 Å². The van der Waals surface area contributed by atoms with E-state index in [0.29, 0.717) is 62.0 Å². The molecule has 1 N–H and O–H groups in total. The first-order valence-corrected chi connectivity index (χ1v) is 22.7. The summed E-state index contributed by atoms with van der Waals surface area (Å²) < 4.78 is 38.3. The van der Waals surface area contributed by atoms with Gasteiger partial charge in [-0.1, -0.05) is 36.4 Å².